The number of ketones is 1. The number of benzene rings is 2. The second kappa shape index (κ2) is 8.93. The van der Waals surface area contributed by atoms with E-state index in [1.165, 1.54) is 26.2 Å². The molecule has 0 aromatic heterocycles. The number of carboxylic acid groups (broad SMARTS) is 1. The van der Waals surface area contributed by atoms with Gasteiger partial charge in [0.1, 0.15) is 11.6 Å². The Hall–Kier alpha value is -3.22. The lowest BCUT2D eigenvalue weighted by Gasteiger charge is -2.15. The lowest BCUT2D eigenvalue weighted by Crippen LogP contribution is -2.34. The van der Waals surface area contributed by atoms with Gasteiger partial charge in [0.25, 0.3) is 0 Å². The Morgan fingerprint density at radius 3 is 2.33 bits per heavy atom. The van der Waals surface area contributed by atoms with Crippen LogP contribution in [-0.2, 0) is 9.59 Å². The highest BCUT2D eigenvalue weighted by atomic mass is 19.1. The molecule has 0 aliphatic rings. The molecule has 0 spiro atoms. The fourth-order valence-electron chi connectivity index (χ4n) is 2.52. The lowest BCUT2D eigenvalue weighted by molar-refractivity contribution is -0.142. The zero-order valence-electron chi connectivity index (χ0n) is 15.0. The summed E-state index contributed by atoms with van der Waals surface area (Å²) in [7, 11) is 1.52. The van der Waals surface area contributed by atoms with Crippen molar-refractivity contribution in [1.29, 1.82) is 0 Å². The summed E-state index contributed by atoms with van der Waals surface area (Å²) in [6.45, 7) is 1.51. The van der Waals surface area contributed by atoms with Crippen molar-refractivity contribution in [1.82, 2.24) is 5.32 Å². The van der Waals surface area contributed by atoms with Gasteiger partial charge in [-0.15, -0.1) is 0 Å². The van der Waals surface area contributed by atoms with Gasteiger partial charge in [-0.1, -0.05) is 12.1 Å². The normalized spacial score (nSPS) is 11.5. The summed E-state index contributed by atoms with van der Waals surface area (Å²) < 4.78 is 18.4. The summed E-state index contributed by atoms with van der Waals surface area (Å²) >= 11 is 0. The third kappa shape index (κ3) is 5.37. The minimum atomic E-state index is -1.31. The van der Waals surface area contributed by atoms with Crippen LogP contribution in [-0.4, -0.2) is 29.9 Å². The van der Waals surface area contributed by atoms with Crippen LogP contribution in [0.4, 0.5) is 4.39 Å². The molecule has 2 N–H and O–H groups in total. The quantitative estimate of drug-likeness (QED) is 0.694. The van der Waals surface area contributed by atoms with Crippen molar-refractivity contribution >= 4 is 17.7 Å². The van der Waals surface area contributed by atoms with Crippen LogP contribution in [0.3, 0.4) is 0 Å². The Labute approximate surface area is 156 Å². The number of hydrogen-bond donors (Lipinski definition) is 2. The van der Waals surface area contributed by atoms with E-state index in [1.807, 2.05) is 0 Å². The lowest BCUT2D eigenvalue weighted by atomic mass is 10.0. The topological polar surface area (TPSA) is 92.7 Å². The van der Waals surface area contributed by atoms with Crippen LogP contribution in [0.15, 0.2) is 42.5 Å². The monoisotopic (exact) mass is 373 g/mol. The maximum Gasteiger partial charge on any atom is 0.330 e. The number of aliphatic carboxylic acids is 1. The predicted molar refractivity (Wildman–Crippen MR) is 96.2 cm³/mol. The fourth-order valence-corrected chi connectivity index (χ4v) is 2.52. The molecular weight excluding hydrogens is 353 g/mol. The molecule has 1 amide bonds. The average Bonchev–Trinajstić information content (AvgIpc) is 2.66. The van der Waals surface area contributed by atoms with E-state index in [0.717, 1.165) is 6.07 Å². The number of Topliss-reactive ketones (excluding diaryl/α,β-unsaturated/α-hetero) is 1. The average molecular weight is 373 g/mol. The second-order valence-electron chi connectivity index (χ2n) is 6.00. The molecule has 27 heavy (non-hydrogen) atoms. The highest BCUT2D eigenvalue weighted by Gasteiger charge is 2.23. The van der Waals surface area contributed by atoms with Crippen molar-refractivity contribution in [2.24, 2.45) is 0 Å². The van der Waals surface area contributed by atoms with E-state index in [-0.39, 0.29) is 29.8 Å². The van der Waals surface area contributed by atoms with Gasteiger partial charge in [-0.2, -0.15) is 0 Å². The van der Waals surface area contributed by atoms with Crippen molar-refractivity contribution in [2.45, 2.75) is 25.8 Å². The van der Waals surface area contributed by atoms with E-state index in [1.54, 1.807) is 24.3 Å². The minimum absolute atomic E-state index is 0.0626. The van der Waals surface area contributed by atoms with Crippen LogP contribution in [0.2, 0.25) is 0 Å². The molecule has 1 unspecified atom stereocenters. The second-order valence-corrected chi connectivity index (χ2v) is 6.00. The molecule has 0 aliphatic carbocycles. The molecule has 0 radical (unpaired) electrons. The van der Waals surface area contributed by atoms with E-state index in [4.69, 9.17) is 4.74 Å². The van der Waals surface area contributed by atoms with Gasteiger partial charge in [0.15, 0.2) is 11.8 Å². The van der Waals surface area contributed by atoms with Gasteiger partial charge >= 0.3 is 5.97 Å². The van der Waals surface area contributed by atoms with Gasteiger partial charge in [-0.3, -0.25) is 9.59 Å². The smallest absolute Gasteiger partial charge is 0.330 e. The Morgan fingerprint density at radius 1 is 1.11 bits per heavy atom. The molecule has 6 nitrogen and oxygen atoms in total. The molecular formula is C20H20FNO5. The van der Waals surface area contributed by atoms with E-state index >= 15 is 0 Å². The number of ether oxygens (including phenoxy) is 1. The standard InChI is InChI=1S/C20H20FNO5/c1-12-11-14(5-8-16(12)21)19(20(25)26)22-18(24)10-9-17(23)13-3-6-15(27-2)7-4-13/h3-8,11,19H,9-10H2,1-2H3,(H,22,24)(H,25,26). The van der Waals surface area contributed by atoms with Crippen molar-refractivity contribution < 1.29 is 28.6 Å². The summed E-state index contributed by atoms with van der Waals surface area (Å²) in [5, 5.41) is 11.7. The molecule has 142 valence electrons. The van der Waals surface area contributed by atoms with Gasteiger partial charge in [0, 0.05) is 18.4 Å². The summed E-state index contributed by atoms with van der Waals surface area (Å²) in [5.41, 5.74) is 0.978. The number of carboxylic acids is 1. The van der Waals surface area contributed by atoms with Crippen LogP contribution in [0, 0.1) is 12.7 Å². The number of halogens is 1. The van der Waals surface area contributed by atoms with E-state index < -0.39 is 23.7 Å². The van der Waals surface area contributed by atoms with Crippen molar-refractivity contribution in [3.8, 4) is 5.75 Å². The molecule has 7 heteroatoms. The van der Waals surface area contributed by atoms with Crippen molar-refractivity contribution in [3.63, 3.8) is 0 Å². The predicted octanol–water partition coefficient (Wildman–Crippen LogP) is 3.05. The number of nitrogens with one attached hydrogen (secondary N) is 1. The van der Waals surface area contributed by atoms with Crippen LogP contribution < -0.4 is 10.1 Å². The molecule has 0 bridgehead atoms. The first-order chi connectivity index (χ1) is 12.8. The molecule has 0 aliphatic heterocycles. The first-order valence-electron chi connectivity index (χ1n) is 8.27. The van der Waals surface area contributed by atoms with Gasteiger partial charge in [0.05, 0.1) is 7.11 Å². The Bertz CT molecular complexity index is 848. The Balaban J connectivity index is 1.98. The third-order valence-electron chi connectivity index (χ3n) is 4.06. The first kappa shape index (κ1) is 20.1. The molecule has 2 rings (SSSR count). The first-order valence-corrected chi connectivity index (χ1v) is 8.27. The van der Waals surface area contributed by atoms with Gasteiger partial charge in [-0.25, -0.2) is 9.18 Å². The van der Waals surface area contributed by atoms with Crippen molar-refractivity contribution in [3.05, 3.63) is 65.0 Å². The van der Waals surface area contributed by atoms with E-state index in [2.05, 4.69) is 5.32 Å². The zero-order valence-corrected chi connectivity index (χ0v) is 15.0. The van der Waals surface area contributed by atoms with E-state index in [9.17, 15) is 23.9 Å². The highest BCUT2D eigenvalue weighted by Crippen LogP contribution is 2.18. The summed E-state index contributed by atoms with van der Waals surface area (Å²) in [6, 6.07) is 9.00. The molecule has 0 saturated heterocycles. The van der Waals surface area contributed by atoms with Gasteiger partial charge in [0.2, 0.25) is 5.91 Å². The van der Waals surface area contributed by atoms with Gasteiger partial charge in [-0.05, 0) is 48.4 Å². The summed E-state index contributed by atoms with van der Waals surface area (Å²) in [4.78, 5) is 35.7. The third-order valence-corrected chi connectivity index (χ3v) is 4.06. The Kier molecular flexibility index (Phi) is 6.65. The van der Waals surface area contributed by atoms with Crippen LogP contribution >= 0.6 is 0 Å². The SMILES string of the molecule is COc1ccc(C(=O)CCC(=O)NC(C(=O)O)c2ccc(F)c(C)c2)cc1. The molecule has 0 saturated carbocycles. The minimum Gasteiger partial charge on any atom is -0.497 e. The maximum absolute atomic E-state index is 13.4. The number of rotatable bonds is 8. The maximum atomic E-state index is 13.4. The van der Waals surface area contributed by atoms with Crippen molar-refractivity contribution in [2.75, 3.05) is 7.11 Å². The fraction of sp³-hybridized carbons (Fsp3) is 0.250. The summed E-state index contributed by atoms with van der Waals surface area (Å²) in [5.74, 6) is -1.93. The van der Waals surface area contributed by atoms with Gasteiger partial charge < -0.3 is 15.2 Å². The molecule has 0 fully saturated rings. The molecule has 1 atom stereocenters. The number of aryl methyl sites for hydroxylation is 1. The number of amides is 1. The number of methoxy groups -OCH3 is 1. The number of hydrogen-bond acceptors (Lipinski definition) is 4. The molecule has 0 heterocycles. The molecule has 2 aromatic rings. The zero-order chi connectivity index (χ0) is 20.0. The highest BCUT2D eigenvalue weighted by molar-refractivity contribution is 5.98. The number of carbonyl (C=O) groups is 3. The van der Waals surface area contributed by atoms with Crippen LogP contribution in [0.1, 0.15) is 40.4 Å². The van der Waals surface area contributed by atoms with E-state index in [0.29, 0.717) is 11.3 Å². The largest absolute Gasteiger partial charge is 0.497 e. The van der Waals surface area contributed by atoms with Crippen LogP contribution in [0.5, 0.6) is 5.75 Å². The molecule has 2 aromatic carbocycles. The number of carbonyl (C=O) groups excluding carboxylic acids is 2. The van der Waals surface area contributed by atoms with Crippen LogP contribution in [0.25, 0.3) is 0 Å². The summed E-state index contributed by atoms with van der Waals surface area (Å²) in [6.07, 6.45) is -0.220. The Morgan fingerprint density at radius 2 is 1.78 bits per heavy atom.